The van der Waals surface area contributed by atoms with Crippen molar-refractivity contribution in [3.8, 4) is 5.69 Å². The molecule has 1 aliphatic rings. The number of amides is 1. The first-order valence-corrected chi connectivity index (χ1v) is 12.4. The summed E-state index contributed by atoms with van der Waals surface area (Å²) >= 11 is 1.36. The van der Waals surface area contributed by atoms with Crippen LogP contribution in [0.2, 0.25) is 0 Å². The summed E-state index contributed by atoms with van der Waals surface area (Å²) in [5.74, 6) is 1.31. The number of nitrogens with one attached hydrogen (secondary N) is 2. The maximum Gasteiger partial charge on any atom is 0.250 e. The molecule has 1 aromatic heterocycles. The number of anilines is 1. The molecule has 0 bridgehead atoms. The van der Waals surface area contributed by atoms with E-state index >= 15 is 0 Å². The fourth-order valence-electron chi connectivity index (χ4n) is 3.83. The smallest absolute Gasteiger partial charge is 0.250 e. The van der Waals surface area contributed by atoms with Crippen molar-refractivity contribution < 1.29 is 4.79 Å². The molecule has 33 heavy (non-hydrogen) atoms. The van der Waals surface area contributed by atoms with Crippen LogP contribution in [0, 0.1) is 12.8 Å². The van der Waals surface area contributed by atoms with Crippen molar-refractivity contribution in [3.05, 3.63) is 66.0 Å². The maximum absolute atomic E-state index is 12.4. The number of nitrogens with zero attached hydrogens (tertiary/aromatic N) is 4. The van der Waals surface area contributed by atoms with Crippen LogP contribution in [-0.2, 0) is 11.3 Å². The van der Waals surface area contributed by atoms with Crippen LogP contribution in [0.5, 0.6) is 0 Å². The molecule has 0 saturated heterocycles. The van der Waals surface area contributed by atoms with Crippen LogP contribution in [0.1, 0.15) is 44.0 Å². The van der Waals surface area contributed by atoms with Crippen molar-refractivity contribution >= 4 is 29.1 Å². The zero-order valence-electron chi connectivity index (χ0n) is 19.1. The Morgan fingerprint density at radius 3 is 2.67 bits per heavy atom. The van der Waals surface area contributed by atoms with Gasteiger partial charge in [0.2, 0.25) is 0 Å². The molecule has 7 nitrogen and oxygen atoms in total. The number of hydrogen-bond donors (Lipinski definition) is 2. The van der Waals surface area contributed by atoms with E-state index in [1.807, 2.05) is 47.0 Å². The Balaban J connectivity index is 1.44. The first-order chi connectivity index (χ1) is 16.1. The molecule has 1 aliphatic carbocycles. The molecule has 2 N–H and O–H groups in total. The third-order valence-electron chi connectivity index (χ3n) is 5.76. The number of thioether (sulfide) groups is 1. The molecule has 1 saturated carbocycles. The van der Waals surface area contributed by atoms with Crippen molar-refractivity contribution in [1.29, 1.82) is 0 Å². The van der Waals surface area contributed by atoms with Gasteiger partial charge < -0.3 is 5.32 Å². The predicted octanol–water partition coefficient (Wildman–Crippen LogP) is 4.96. The zero-order chi connectivity index (χ0) is 23.0. The van der Waals surface area contributed by atoms with E-state index < -0.39 is 0 Å². The highest BCUT2D eigenvalue weighted by Gasteiger charge is 2.18. The second-order valence-electron chi connectivity index (χ2n) is 8.36. The summed E-state index contributed by atoms with van der Waals surface area (Å²) in [5.41, 5.74) is 7.02. The quantitative estimate of drug-likeness (QED) is 0.365. The lowest BCUT2D eigenvalue weighted by molar-refractivity contribution is -0.118. The van der Waals surface area contributed by atoms with Crippen LogP contribution in [0.3, 0.4) is 0 Å². The summed E-state index contributed by atoms with van der Waals surface area (Å²) < 4.78 is 1.99. The molecule has 172 valence electrons. The van der Waals surface area contributed by atoms with Crippen molar-refractivity contribution in [3.63, 3.8) is 0 Å². The van der Waals surface area contributed by atoms with Crippen molar-refractivity contribution in [1.82, 2.24) is 20.2 Å². The summed E-state index contributed by atoms with van der Waals surface area (Å²) in [6, 6.07) is 18.2. The Hall–Kier alpha value is -3.13. The first-order valence-electron chi connectivity index (χ1n) is 11.4. The molecule has 4 rings (SSSR count). The van der Waals surface area contributed by atoms with E-state index in [9.17, 15) is 4.79 Å². The molecule has 1 heterocycles. The normalized spacial score (nSPS) is 17.2. The monoisotopic (exact) mass is 462 g/mol. The minimum atomic E-state index is -0.132. The third kappa shape index (κ3) is 6.22. The number of rotatable bonds is 8. The SMILES string of the molecule is Cc1ccc(NCc2nnc(SCC(=O)N/N=C3\CCCC[C@@H]3C)n2-c2ccccc2)cc1. The summed E-state index contributed by atoms with van der Waals surface area (Å²) in [5, 5.41) is 17.2. The van der Waals surface area contributed by atoms with Crippen LogP contribution < -0.4 is 10.7 Å². The van der Waals surface area contributed by atoms with E-state index in [1.54, 1.807) is 0 Å². The van der Waals surface area contributed by atoms with Gasteiger partial charge in [0.1, 0.15) is 0 Å². The number of hydrazone groups is 1. The third-order valence-corrected chi connectivity index (χ3v) is 6.69. The van der Waals surface area contributed by atoms with Gasteiger partial charge in [-0.1, -0.05) is 61.0 Å². The fourth-order valence-corrected chi connectivity index (χ4v) is 4.59. The van der Waals surface area contributed by atoms with E-state index in [4.69, 9.17) is 0 Å². The topological polar surface area (TPSA) is 84.2 Å². The summed E-state index contributed by atoms with van der Waals surface area (Å²) in [6.07, 6.45) is 4.49. The maximum atomic E-state index is 12.4. The lowest BCUT2D eigenvalue weighted by Crippen LogP contribution is -2.25. The second kappa shape index (κ2) is 11.1. The minimum Gasteiger partial charge on any atom is -0.378 e. The van der Waals surface area contributed by atoms with Crippen LogP contribution in [0.4, 0.5) is 5.69 Å². The highest BCUT2D eigenvalue weighted by molar-refractivity contribution is 7.99. The average molecular weight is 463 g/mol. The lowest BCUT2D eigenvalue weighted by atomic mass is 9.89. The molecule has 2 aromatic carbocycles. The van der Waals surface area contributed by atoms with Gasteiger partial charge in [-0.05, 0) is 56.4 Å². The number of aromatic nitrogens is 3. The second-order valence-corrected chi connectivity index (χ2v) is 9.31. The Morgan fingerprint density at radius 1 is 1.12 bits per heavy atom. The number of para-hydroxylation sites is 1. The van der Waals surface area contributed by atoms with E-state index in [2.05, 4.69) is 52.0 Å². The van der Waals surface area contributed by atoms with Gasteiger partial charge in [-0.3, -0.25) is 9.36 Å². The molecule has 3 aromatic rings. The predicted molar refractivity (Wildman–Crippen MR) is 134 cm³/mol. The Labute approximate surface area is 199 Å². The fraction of sp³-hybridized carbons (Fsp3) is 0.360. The van der Waals surface area contributed by atoms with E-state index in [1.165, 1.54) is 23.7 Å². The van der Waals surface area contributed by atoms with E-state index in [0.29, 0.717) is 17.6 Å². The van der Waals surface area contributed by atoms with Gasteiger partial charge in [-0.2, -0.15) is 5.10 Å². The van der Waals surface area contributed by atoms with E-state index in [0.717, 1.165) is 42.2 Å². The summed E-state index contributed by atoms with van der Waals surface area (Å²) in [4.78, 5) is 12.4. The lowest BCUT2D eigenvalue weighted by Gasteiger charge is -2.19. The van der Waals surface area contributed by atoms with Crippen molar-refractivity contribution in [2.75, 3.05) is 11.1 Å². The number of benzene rings is 2. The molecular formula is C25H30N6OS. The van der Waals surface area contributed by atoms with Gasteiger partial charge in [0.25, 0.3) is 5.91 Å². The minimum absolute atomic E-state index is 0.132. The average Bonchev–Trinajstić information content (AvgIpc) is 3.25. The molecule has 8 heteroatoms. The van der Waals surface area contributed by atoms with Gasteiger partial charge in [0, 0.05) is 17.1 Å². The van der Waals surface area contributed by atoms with E-state index in [-0.39, 0.29) is 11.7 Å². The largest absolute Gasteiger partial charge is 0.378 e. The Kier molecular flexibility index (Phi) is 7.78. The molecule has 0 radical (unpaired) electrons. The van der Waals surface area contributed by atoms with Crippen LogP contribution in [0.25, 0.3) is 5.69 Å². The van der Waals surface area contributed by atoms with Gasteiger partial charge in [-0.25, -0.2) is 5.43 Å². The highest BCUT2D eigenvalue weighted by Crippen LogP contribution is 2.23. The molecule has 0 unspecified atom stereocenters. The Morgan fingerprint density at radius 2 is 1.91 bits per heavy atom. The van der Waals surface area contributed by atoms with Crippen LogP contribution in [-0.4, -0.2) is 32.1 Å². The van der Waals surface area contributed by atoms with Crippen LogP contribution >= 0.6 is 11.8 Å². The molecule has 1 amide bonds. The summed E-state index contributed by atoms with van der Waals surface area (Å²) in [7, 11) is 0. The number of aryl methyl sites for hydroxylation is 1. The van der Waals surface area contributed by atoms with Crippen molar-refractivity contribution in [2.24, 2.45) is 11.0 Å². The molecule has 1 atom stereocenters. The molecule has 0 aliphatic heterocycles. The first kappa shape index (κ1) is 23.0. The van der Waals surface area contributed by atoms with Crippen LogP contribution in [0.15, 0.2) is 64.9 Å². The number of carbonyl (C=O) groups is 1. The molecular weight excluding hydrogens is 432 g/mol. The van der Waals surface area contributed by atoms with Gasteiger partial charge in [0.05, 0.1) is 12.3 Å². The van der Waals surface area contributed by atoms with Crippen molar-refractivity contribution in [2.45, 2.75) is 51.2 Å². The zero-order valence-corrected chi connectivity index (χ0v) is 19.9. The standard InChI is InChI=1S/C25H30N6OS/c1-18-12-14-20(15-13-18)26-16-23-28-30-25(31(23)21-9-4-3-5-10-21)33-17-24(32)29-27-22-11-7-6-8-19(22)2/h3-5,9-10,12-15,19,26H,6-8,11,16-17H2,1-2H3,(H,29,32)/b27-22+/t19-/m0/s1. The molecule has 0 spiro atoms. The highest BCUT2D eigenvalue weighted by atomic mass is 32.2. The number of hydrogen-bond acceptors (Lipinski definition) is 6. The van der Waals surface area contributed by atoms with Gasteiger partial charge in [0.15, 0.2) is 11.0 Å². The Bertz CT molecular complexity index is 1090. The number of carbonyl (C=O) groups excluding carboxylic acids is 1. The van der Waals surface area contributed by atoms with Gasteiger partial charge in [-0.15, -0.1) is 10.2 Å². The summed E-state index contributed by atoms with van der Waals surface area (Å²) in [6.45, 7) is 4.76. The molecule has 1 fully saturated rings. The van der Waals surface area contributed by atoms with Gasteiger partial charge >= 0.3 is 0 Å².